The second kappa shape index (κ2) is 8.93. The van der Waals surface area contributed by atoms with Crippen LogP contribution >= 0.6 is 23.1 Å². The van der Waals surface area contributed by atoms with E-state index in [4.69, 9.17) is 11.6 Å². The lowest BCUT2D eigenvalue weighted by atomic mass is 9.89. The summed E-state index contributed by atoms with van der Waals surface area (Å²) in [6.45, 7) is 5.23. The number of carbonyl (C=O) groups excluding carboxylic acids is 1. The highest BCUT2D eigenvalue weighted by atomic mass is 35.5. The first-order valence-electron chi connectivity index (χ1n) is 9.64. The molecule has 4 rings (SSSR count). The largest absolute Gasteiger partial charge is 0.355 e. The lowest BCUT2D eigenvalue weighted by Crippen LogP contribution is -2.51. The standard InChI is InChI=1S/C20H22ClN7OS/c1-12-7-19(30-27-12)26-20(29)25-17-5-6-28(18-10-22-13(2)8-24-18)11-15(17)16-4-3-14(21)9-23-16/h3-4,7-10,15,17H,5-6,11H2,1-2H3,(H2,25,26,29)/t15-,17+/m0/s1. The number of hydrogen-bond donors (Lipinski definition) is 2. The minimum atomic E-state index is -0.244. The van der Waals surface area contributed by atoms with Gasteiger partial charge in [0.1, 0.15) is 10.8 Å². The molecule has 0 aliphatic carbocycles. The molecule has 2 amide bonds. The SMILES string of the molecule is Cc1cnc(N2CC[C@@H](NC(=O)Nc3cc(C)ns3)[C@H](c3ccc(Cl)cn3)C2)cn1. The molecule has 0 bridgehead atoms. The second-order valence-corrected chi connectivity index (χ2v) is 8.54. The molecule has 30 heavy (non-hydrogen) atoms. The summed E-state index contributed by atoms with van der Waals surface area (Å²) >= 11 is 7.29. The van der Waals surface area contributed by atoms with Gasteiger partial charge >= 0.3 is 6.03 Å². The maximum absolute atomic E-state index is 12.6. The Morgan fingerprint density at radius 3 is 2.70 bits per heavy atom. The maximum Gasteiger partial charge on any atom is 0.320 e. The van der Waals surface area contributed by atoms with Gasteiger partial charge in [0.2, 0.25) is 0 Å². The lowest BCUT2D eigenvalue weighted by molar-refractivity contribution is 0.243. The maximum atomic E-state index is 12.6. The molecule has 3 aromatic rings. The summed E-state index contributed by atoms with van der Waals surface area (Å²) in [6.07, 6.45) is 5.94. The Hall–Kier alpha value is -2.78. The first-order valence-corrected chi connectivity index (χ1v) is 10.8. The smallest absolute Gasteiger partial charge is 0.320 e. The fourth-order valence-electron chi connectivity index (χ4n) is 3.53. The quantitative estimate of drug-likeness (QED) is 0.637. The van der Waals surface area contributed by atoms with Crippen LogP contribution in [0.25, 0.3) is 0 Å². The third-order valence-electron chi connectivity index (χ3n) is 5.02. The van der Waals surface area contributed by atoms with E-state index in [1.54, 1.807) is 18.6 Å². The number of halogens is 1. The summed E-state index contributed by atoms with van der Waals surface area (Å²) in [4.78, 5) is 28.1. The van der Waals surface area contributed by atoms with Crippen molar-refractivity contribution < 1.29 is 4.79 Å². The van der Waals surface area contributed by atoms with Gasteiger partial charge in [-0.05, 0) is 50.0 Å². The Bertz CT molecular complexity index is 1010. The summed E-state index contributed by atoms with van der Waals surface area (Å²) in [7, 11) is 0. The van der Waals surface area contributed by atoms with Crippen LogP contribution in [0.15, 0.2) is 36.8 Å². The molecule has 0 aromatic carbocycles. The molecule has 0 spiro atoms. The van der Waals surface area contributed by atoms with Crippen LogP contribution in [0.1, 0.15) is 29.4 Å². The zero-order valence-electron chi connectivity index (χ0n) is 16.7. The summed E-state index contributed by atoms with van der Waals surface area (Å²) < 4.78 is 4.19. The van der Waals surface area contributed by atoms with Gasteiger partial charge < -0.3 is 10.2 Å². The fraction of sp³-hybridized carbons (Fsp3) is 0.350. The van der Waals surface area contributed by atoms with Crippen LogP contribution in [0.3, 0.4) is 0 Å². The predicted octanol–water partition coefficient (Wildman–Crippen LogP) is 3.78. The molecule has 2 atom stereocenters. The second-order valence-electron chi connectivity index (χ2n) is 7.30. The first kappa shape index (κ1) is 20.5. The highest BCUT2D eigenvalue weighted by Crippen LogP contribution is 2.29. The van der Waals surface area contributed by atoms with Gasteiger partial charge in [0.05, 0.1) is 28.8 Å². The number of aryl methyl sites for hydroxylation is 2. The van der Waals surface area contributed by atoms with Gasteiger partial charge in [0.25, 0.3) is 0 Å². The Labute approximate surface area is 183 Å². The molecule has 0 saturated carbocycles. The summed E-state index contributed by atoms with van der Waals surface area (Å²) in [5.74, 6) is 0.802. The number of amides is 2. The number of piperidine rings is 1. The number of pyridine rings is 1. The predicted molar refractivity (Wildman–Crippen MR) is 118 cm³/mol. The molecule has 0 unspecified atom stereocenters. The number of hydrogen-bond acceptors (Lipinski definition) is 7. The van der Waals surface area contributed by atoms with Crippen molar-refractivity contribution in [3.05, 3.63) is 58.9 Å². The van der Waals surface area contributed by atoms with Crippen LogP contribution < -0.4 is 15.5 Å². The normalized spacial score (nSPS) is 18.8. The van der Waals surface area contributed by atoms with Crippen molar-refractivity contribution in [2.24, 2.45) is 0 Å². The minimum Gasteiger partial charge on any atom is -0.355 e. The van der Waals surface area contributed by atoms with Gasteiger partial charge in [-0.1, -0.05) is 11.6 Å². The Morgan fingerprint density at radius 1 is 1.17 bits per heavy atom. The van der Waals surface area contributed by atoms with E-state index in [-0.39, 0.29) is 18.0 Å². The average Bonchev–Trinajstić information content (AvgIpc) is 3.14. The van der Waals surface area contributed by atoms with E-state index >= 15 is 0 Å². The molecule has 3 aromatic heterocycles. The molecule has 1 aliphatic rings. The number of nitrogens with one attached hydrogen (secondary N) is 2. The third kappa shape index (κ3) is 4.85. The van der Waals surface area contributed by atoms with Crippen LogP contribution in [0.4, 0.5) is 15.6 Å². The van der Waals surface area contributed by atoms with E-state index in [1.807, 2.05) is 32.0 Å². The van der Waals surface area contributed by atoms with Gasteiger partial charge in [-0.25, -0.2) is 9.78 Å². The van der Waals surface area contributed by atoms with E-state index in [1.165, 1.54) is 11.5 Å². The third-order valence-corrected chi connectivity index (χ3v) is 6.03. The Balaban J connectivity index is 1.52. The topological polar surface area (TPSA) is 95.9 Å². The van der Waals surface area contributed by atoms with Gasteiger partial charge in [0, 0.05) is 36.9 Å². The van der Waals surface area contributed by atoms with E-state index in [0.717, 1.165) is 40.9 Å². The molecule has 1 fully saturated rings. The van der Waals surface area contributed by atoms with Crippen LogP contribution in [-0.4, -0.2) is 44.5 Å². The van der Waals surface area contributed by atoms with E-state index in [2.05, 4.69) is 34.9 Å². The van der Waals surface area contributed by atoms with E-state index in [9.17, 15) is 4.79 Å². The van der Waals surface area contributed by atoms with Crippen LogP contribution in [-0.2, 0) is 0 Å². The number of aromatic nitrogens is 4. The average molecular weight is 444 g/mol. The van der Waals surface area contributed by atoms with Crippen LogP contribution in [0.2, 0.25) is 5.02 Å². The molecule has 4 heterocycles. The van der Waals surface area contributed by atoms with Gasteiger partial charge in [-0.15, -0.1) is 0 Å². The Morgan fingerprint density at radius 2 is 2.03 bits per heavy atom. The zero-order valence-corrected chi connectivity index (χ0v) is 18.2. The first-order chi connectivity index (χ1) is 14.5. The number of nitrogens with zero attached hydrogens (tertiary/aromatic N) is 5. The van der Waals surface area contributed by atoms with E-state index < -0.39 is 0 Å². The molecule has 8 nitrogen and oxygen atoms in total. The molecule has 0 radical (unpaired) electrons. The molecule has 2 N–H and O–H groups in total. The van der Waals surface area contributed by atoms with Crippen molar-refractivity contribution in [1.29, 1.82) is 0 Å². The molecule has 1 saturated heterocycles. The highest BCUT2D eigenvalue weighted by molar-refractivity contribution is 7.10. The lowest BCUT2D eigenvalue weighted by Gasteiger charge is -2.39. The molecule has 1 aliphatic heterocycles. The van der Waals surface area contributed by atoms with Crippen molar-refractivity contribution in [1.82, 2.24) is 24.6 Å². The summed E-state index contributed by atoms with van der Waals surface area (Å²) in [6, 6.07) is 5.26. The highest BCUT2D eigenvalue weighted by Gasteiger charge is 2.33. The van der Waals surface area contributed by atoms with Gasteiger partial charge in [-0.3, -0.25) is 15.3 Å². The monoisotopic (exact) mass is 443 g/mol. The van der Waals surface area contributed by atoms with Gasteiger partial charge in [0.15, 0.2) is 0 Å². The molecular weight excluding hydrogens is 422 g/mol. The summed E-state index contributed by atoms with van der Waals surface area (Å²) in [5, 5.41) is 7.29. The number of carbonyl (C=O) groups is 1. The number of rotatable bonds is 4. The van der Waals surface area contributed by atoms with Crippen molar-refractivity contribution in [2.45, 2.75) is 32.2 Å². The molecule has 10 heteroatoms. The van der Waals surface area contributed by atoms with Crippen molar-refractivity contribution >= 4 is 40.0 Å². The summed E-state index contributed by atoms with van der Waals surface area (Å²) in [5.41, 5.74) is 2.63. The minimum absolute atomic E-state index is 0.0203. The van der Waals surface area contributed by atoms with E-state index in [0.29, 0.717) is 11.6 Å². The molecular formula is C20H22ClN7OS. The van der Waals surface area contributed by atoms with Crippen molar-refractivity contribution in [3.63, 3.8) is 0 Å². The molecule has 156 valence electrons. The van der Waals surface area contributed by atoms with Crippen molar-refractivity contribution in [3.8, 4) is 0 Å². The number of anilines is 2. The van der Waals surface area contributed by atoms with Crippen LogP contribution in [0, 0.1) is 13.8 Å². The van der Waals surface area contributed by atoms with Crippen LogP contribution in [0.5, 0.6) is 0 Å². The fourth-order valence-corrected chi connectivity index (χ4v) is 4.30. The van der Waals surface area contributed by atoms with Crippen molar-refractivity contribution in [2.75, 3.05) is 23.3 Å². The van der Waals surface area contributed by atoms with Gasteiger partial charge in [-0.2, -0.15) is 4.37 Å². The number of urea groups is 1. The zero-order chi connectivity index (χ0) is 21.1. The Kier molecular flexibility index (Phi) is 6.10.